The molecule has 0 unspecified atom stereocenters. The van der Waals surface area contributed by atoms with Crippen LogP contribution in [0.15, 0.2) is 84.4 Å². The minimum absolute atomic E-state index is 0.0377. The SMILES string of the molecule is O=C1NN(c2ccc(Cl)cc2)C(=O)/C1=C/c1ccccc1OCc1ccccc1. The highest BCUT2D eigenvalue weighted by atomic mass is 35.5. The third kappa shape index (κ3) is 4.15. The molecule has 1 saturated heterocycles. The van der Waals surface area contributed by atoms with E-state index in [9.17, 15) is 9.59 Å². The van der Waals surface area contributed by atoms with Crippen LogP contribution in [0.3, 0.4) is 0 Å². The Morgan fingerprint density at radius 2 is 1.59 bits per heavy atom. The molecule has 144 valence electrons. The van der Waals surface area contributed by atoms with E-state index in [-0.39, 0.29) is 5.57 Å². The lowest BCUT2D eigenvalue weighted by Crippen LogP contribution is -2.35. The van der Waals surface area contributed by atoms with Crippen molar-refractivity contribution in [1.82, 2.24) is 5.43 Å². The van der Waals surface area contributed by atoms with E-state index in [4.69, 9.17) is 16.3 Å². The molecule has 0 radical (unpaired) electrons. The Bertz CT molecular complexity index is 1080. The second-order valence-corrected chi connectivity index (χ2v) is 6.86. The number of benzene rings is 3. The molecule has 3 aromatic rings. The van der Waals surface area contributed by atoms with Crippen LogP contribution in [0, 0.1) is 0 Å². The van der Waals surface area contributed by atoms with Crippen LogP contribution in [0.1, 0.15) is 11.1 Å². The Kier molecular flexibility index (Phi) is 5.31. The number of carbonyl (C=O) groups excluding carboxylic acids is 2. The first-order valence-electron chi connectivity index (χ1n) is 9.00. The first-order chi connectivity index (χ1) is 14.1. The van der Waals surface area contributed by atoms with Gasteiger partial charge in [-0.2, -0.15) is 0 Å². The van der Waals surface area contributed by atoms with Crippen molar-refractivity contribution >= 4 is 35.2 Å². The van der Waals surface area contributed by atoms with E-state index in [0.717, 1.165) is 5.56 Å². The number of ether oxygens (including phenoxy) is 1. The smallest absolute Gasteiger partial charge is 0.282 e. The van der Waals surface area contributed by atoms with Crippen molar-refractivity contribution in [3.05, 3.63) is 101 Å². The minimum Gasteiger partial charge on any atom is -0.488 e. The molecule has 4 rings (SSSR count). The summed E-state index contributed by atoms with van der Waals surface area (Å²) in [5, 5.41) is 1.75. The van der Waals surface area contributed by atoms with E-state index in [1.165, 1.54) is 5.01 Å². The standard InChI is InChI=1S/C23H17ClN2O3/c24-18-10-12-19(13-11-18)26-23(28)20(22(27)25-26)14-17-8-4-5-9-21(17)29-15-16-6-2-1-3-7-16/h1-14H,15H2,(H,25,27)/b20-14+. The van der Waals surface area contributed by atoms with E-state index in [0.29, 0.717) is 28.6 Å². The first-order valence-corrected chi connectivity index (χ1v) is 9.38. The molecule has 0 aliphatic carbocycles. The van der Waals surface area contributed by atoms with E-state index in [1.807, 2.05) is 48.5 Å². The Hall–Kier alpha value is -3.57. The van der Waals surface area contributed by atoms with Gasteiger partial charge in [0.1, 0.15) is 17.9 Å². The van der Waals surface area contributed by atoms with Gasteiger partial charge in [-0.3, -0.25) is 15.0 Å². The number of hydrogen-bond donors (Lipinski definition) is 1. The van der Waals surface area contributed by atoms with Crippen molar-refractivity contribution in [2.45, 2.75) is 6.61 Å². The van der Waals surface area contributed by atoms with Gasteiger partial charge in [-0.25, -0.2) is 5.01 Å². The molecule has 1 N–H and O–H groups in total. The molecular formula is C23H17ClN2O3. The highest BCUT2D eigenvalue weighted by Gasteiger charge is 2.34. The summed E-state index contributed by atoms with van der Waals surface area (Å²) in [5.41, 5.74) is 4.83. The number of halogens is 1. The maximum absolute atomic E-state index is 12.8. The molecule has 29 heavy (non-hydrogen) atoms. The van der Waals surface area contributed by atoms with Crippen LogP contribution in [0.4, 0.5) is 5.69 Å². The van der Waals surface area contributed by atoms with Gasteiger partial charge >= 0.3 is 0 Å². The Labute approximate surface area is 173 Å². The number of nitrogens with zero attached hydrogens (tertiary/aromatic N) is 1. The summed E-state index contributed by atoms with van der Waals surface area (Å²) in [5.74, 6) is -0.313. The molecule has 3 aromatic carbocycles. The predicted molar refractivity (Wildman–Crippen MR) is 112 cm³/mol. The first kappa shape index (κ1) is 18.8. The zero-order valence-electron chi connectivity index (χ0n) is 15.3. The van der Waals surface area contributed by atoms with Crippen LogP contribution in [0.25, 0.3) is 6.08 Å². The highest BCUT2D eigenvalue weighted by Crippen LogP contribution is 2.26. The fraction of sp³-hybridized carbons (Fsp3) is 0.0435. The molecule has 1 fully saturated rings. The average molecular weight is 405 g/mol. The summed E-state index contributed by atoms with van der Waals surface area (Å²) in [6.45, 7) is 0.387. The van der Waals surface area contributed by atoms with Crippen LogP contribution in [-0.4, -0.2) is 11.8 Å². The number of para-hydroxylation sites is 1. The summed E-state index contributed by atoms with van der Waals surface area (Å²) >= 11 is 5.89. The van der Waals surface area contributed by atoms with Crippen LogP contribution < -0.4 is 15.2 Å². The average Bonchev–Trinajstić information content (AvgIpc) is 3.03. The normalized spacial score (nSPS) is 14.9. The van der Waals surface area contributed by atoms with Gasteiger partial charge in [0, 0.05) is 10.6 Å². The minimum atomic E-state index is -0.470. The summed E-state index contributed by atoms with van der Waals surface area (Å²) in [6.07, 6.45) is 1.55. The Morgan fingerprint density at radius 3 is 2.34 bits per heavy atom. The van der Waals surface area contributed by atoms with Gasteiger partial charge in [0.05, 0.1) is 5.69 Å². The zero-order chi connectivity index (χ0) is 20.2. The number of anilines is 1. The number of hydrazine groups is 1. The lowest BCUT2D eigenvalue weighted by atomic mass is 10.1. The molecule has 0 saturated carbocycles. The van der Waals surface area contributed by atoms with Crippen LogP contribution in [-0.2, 0) is 16.2 Å². The Morgan fingerprint density at radius 1 is 0.897 bits per heavy atom. The third-order valence-electron chi connectivity index (χ3n) is 4.43. The highest BCUT2D eigenvalue weighted by molar-refractivity contribution is 6.32. The lowest BCUT2D eigenvalue weighted by Gasteiger charge is -2.14. The monoisotopic (exact) mass is 404 g/mol. The number of amides is 2. The van der Waals surface area contributed by atoms with E-state index in [1.54, 1.807) is 36.4 Å². The van der Waals surface area contributed by atoms with Gasteiger partial charge in [-0.05, 0) is 42.0 Å². The number of hydrogen-bond acceptors (Lipinski definition) is 3. The molecule has 5 nitrogen and oxygen atoms in total. The molecule has 1 aliphatic heterocycles. The largest absolute Gasteiger partial charge is 0.488 e. The molecule has 6 heteroatoms. The van der Waals surface area contributed by atoms with Crippen LogP contribution >= 0.6 is 11.6 Å². The molecule has 1 heterocycles. The molecule has 0 spiro atoms. The lowest BCUT2D eigenvalue weighted by molar-refractivity contribution is -0.117. The Balaban J connectivity index is 1.58. The molecule has 0 atom stereocenters. The maximum Gasteiger partial charge on any atom is 0.282 e. The summed E-state index contributed by atoms with van der Waals surface area (Å²) in [6, 6.07) is 23.7. The maximum atomic E-state index is 12.8. The van der Waals surface area contributed by atoms with Gasteiger partial charge in [-0.1, -0.05) is 60.1 Å². The van der Waals surface area contributed by atoms with Crippen LogP contribution in [0.5, 0.6) is 5.75 Å². The topological polar surface area (TPSA) is 58.6 Å². The molecule has 2 amide bonds. The number of carbonyl (C=O) groups is 2. The number of nitrogens with one attached hydrogen (secondary N) is 1. The fourth-order valence-corrected chi connectivity index (χ4v) is 3.08. The molecule has 0 aromatic heterocycles. The fourth-order valence-electron chi connectivity index (χ4n) is 2.95. The van der Waals surface area contributed by atoms with Gasteiger partial charge < -0.3 is 4.74 Å². The summed E-state index contributed by atoms with van der Waals surface area (Å²) in [7, 11) is 0. The molecular weight excluding hydrogens is 388 g/mol. The van der Waals surface area contributed by atoms with Gasteiger partial charge in [0.25, 0.3) is 11.8 Å². The van der Waals surface area contributed by atoms with Crippen molar-refractivity contribution in [2.24, 2.45) is 0 Å². The van der Waals surface area contributed by atoms with E-state index < -0.39 is 11.8 Å². The predicted octanol–water partition coefficient (Wildman–Crippen LogP) is 4.38. The molecule has 1 aliphatic rings. The van der Waals surface area contributed by atoms with Gasteiger partial charge in [0.15, 0.2) is 0 Å². The second kappa shape index (κ2) is 8.20. The quantitative estimate of drug-likeness (QED) is 0.507. The van der Waals surface area contributed by atoms with Gasteiger partial charge in [0.2, 0.25) is 0 Å². The van der Waals surface area contributed by atoms with E-state index >= 15 is 0 Å². The second-order valence-electron chi connectivity index (χ2n) is 6.43. The summed E-state index contributed by atoms with van der Waals surface area (Å²) < 4.78 is 5.91. The van der Waals surface area contributed by atoms with Crippen molar-refractivity contribution in [3.63, 3.8) is 0 Å². The third-order valence-corrected chi connectivity index (χ3v) is 4.68. The van der Waals surface area contributed by atoms with Gasteiger partial charge in [-0.15, -0.1) is 0 Å². The van der Waals surface area contributed by atoms with E-state index in [2.05, 4.69) is 5.43 Å². The van der Waals surface area contributed by atoms with Crippen molar-refractivity contribution in [2.75, 3.05) is 5.01 Å². The zero-order valence-corrected chi connectivity index (χ0v) is 16.1. The van der Waals surface area contributed by atoms with Crippen molar-refractivity contribution in [3.8, 4) is 5.75 Å². The number of rotatable bonds is 5. The van der Waals surface area contributed by atoms with Crippen molar-refractivity contribution in [1.29, 1.82) is 0 Å². The molecule has 0 bridgehead atoms. The summed E-state index contributed by atoms with van der Waals surface area (Å²) in [4.78, 5) is 25.2. The van der Waals surface area contributed by atoms with Crippen molar-refractivity contribution < 1.29 is 14.3 Å². The van der Waals surface area contributed by atoms with Crippen LogP contribution in [0.2, 0.25) is 5.02 Å².